The van der Waals surface area contributed by atoms with Crippen molar-refractivity contribution in [2.75, 3.05) is 0 Å². The highest BCUT2D eigenvalue weighted by Gasteiger charge is 2.28. The molecule has 2 rings (SSSR count). The molecule has 0 atom stereocenters. The summed E-state index contributed by atoms with van der Waals surface area (Å²) >= 11 is 3.50. The van der Waals surface area contributed by atoms with Gasteiger partial charge in [-0.25, -0.2) is 4.98 Å². The van der Waals surface area contributed by atoms with Crippen LogP contribution in [0.3, 0.4) is 0 Å². The molecule has 13 heavy (non-hydrogen) atoms. The number of nitrogens with zero attached hydrogens (tertiary/aromatic N) is 3. The van der Waals surface area contributed by atoms with Gasteiger partial charge < -0.3 is 4.57 Å². The molecule has 1 aliphatic carbocycles. The molecule has 0 bridgehead atoms. The van der Waals surface area contributed by atoms with Gasteiger partial charge in [-0.2, -0.15) is 5.26 Å². The van der Waals surface area contributed by atoms with Crippen LogP contribution in [0, 0.1) is 18.3 Å². The van der Waals surface area contributed by atoms with Crippen LogP contribution in [0.1, 0.15) is 30.4 Å². The summed E-state index contributed by atoms with van der Waals surface area (Å²) in [5.74, 6) is 0.898. The molecular weight excluding hydrogens is 230 g/mol. The minimum absolute atomic E-state index is 0.406. The van der Waals surface area contributed by atoms with Crippen molar-refractivity contribution in [3.63, 3.8) is 0 Å². The van der Waals surface area contributed by atoms with Crippen LogP contribution in [0.5, 0.6) is 0 Å². The first-order valence-corrected chi connectivity index (χ1v) is 5.13. The number of halogens is 1. The Morgan fingerprint density at radius 2 is 2.38 bits per heavy atom. The summed E-state index contributed by atoms with van der Waals surface area (Å²) in [7, 11) is 0. The maximum absolute atomic E-state index is 8.63. The van der Waals surface area contributed by atoms with Crippen molar-refractivity contribution >= 4 is 15.9 Å². The molecule has 0 unspecified atom stereocenters. The zero-order valence-electron chi connectivity index (χ0n) is 7.42. The van der Waals surface area contributed by atoms with Gasteiger partial charge in [0.25, 0.3) is 0 Å². The van der Waals surface area contributed by atoms with Crippen molar-refractivity contribution in [1.29, 1.82) is 5.26 Å². The highest BCUT2D eigenvalue weighted by Crippen LogP contribution is 2.39. The quantitative estimate of drug-likeness (QED) is 0.796. The first kappa shape index (κ1) is 8.76. The van der Waals surface area contributed by atoms with E-state index in [2.05, 4.69) is 31.6 Å². The molecule has 1 fully saturated rings. The van der Waals surface area contributed by atoms with Gasteiger partial charge >= 0.3 is 0 Å². The van der Waals surface area contributed by atoms with E-state index in [0.29, 0.717) is 12.5 Å². The summed E-state index contributed by atoms with van der Waals surface area (Å²) in [5, 5.41) is 8.63. The van der Waals surface area contributed by atoms with E-state index in [-0.39, 0.29) is 0 Å². The smallest absolute Gasteiger partial charge is 0.124 e. The van der Waals surface area contributed by atoms with E-state index < -0.39 is 0 Å². The Morgan fingerprint density at radius 3 is 2.92 bits per heavy atom. The number of rotatable bonds is 2. The lowest BCUT2D eigenvalue weighted by Crippen LogP contribution is -2.00. The summed E-state index contributed by atoms with van der Waals surface area (Å²) < 4.78 is 3.19. The Morgan fingerprint density at radius 1 is 1.69 bits per heavy atom. The number of hydrogen-bond acceptors (Lipinski definition) is 2. The van der Waals surface area contributed by atoms with Crippen molar-refractivity contribution in [2.24, 2.45) is 0 Å². The van der Waals surface area contributed by atoms with Crippen molar-refractivity contribution < 1.29 is 0 Å². The molecule has 0 spiro atoms. The minimum atomic E-state index is 0.406. The Hall–Kier alpha value is -0.820. The number of aromatic nitrogens is 2. The highest BCUT2D eigenvalue weighted by molar-refractivity contribution is 9.10. The summed E-state index contributed by atoms with van der Waals surface area (Å²) in [5.41, 5.74) is 0.983. The standard InChI is InChI=1S/C9H10BrN3/c1-6-9(10)13(7-2-3-7)8(12-6)4-5-11/h7H,2-4H2,1H3. The van der Waals surface area contributed by atoms with Gasteiger partial charge in [-0.05, 0) is 35.7 Å². The summed E-state index contributed by atoms with van der Waals surface area (Å²) in [4.78, 5) is 4.35. The van der Waals surface area contributed by atoms with Gasteiger partial charge in [-0.3, -0.25) is 0 Å². The summed E-state index contributed by atoms with van der Waals surface area (Å²) in [6.45, 7) is 1.96. The SMILES string of the molecule is Cc1nc(CC#N)n(C2CC2)c1Br. The van der Waals surface area contributed by atoms with E-state index in [9.17, 15) is 0 Å². The van der Waals surface area contributed by atoms with Crippen LogP contribution < -0.4 is 0 Å². The number of hydrogen-bond donors (Lipinski definition) is 0. The van der Waals surface area contributed by atoms with Crippen LogP contribution in [0.15, 0.2) is 4.60 Å². The predicted molar refractivity (Wildman–Crippen MR) is 52.3 cm³/mol. The molecule has 0 aliphatic heterocycles. The minimum Gasteiger partial charge on any atom is -0.319 e. The zero-order valence-corrected chi connectivity index (χ0v) is 9.00. The van der Waals surface area contributed by atoms with E-state index >= 15 is 0 Å². The molecule has 0 radical (unpaired) electrons. The Labute approximate surface area is 85.5 Å². The monoisotopic (exact) mass is 239 g/mol. The lowest BCUT2D eigenvalue weighted by Gasteiger charge is -2.03. The average molecular weight is 240 g/mol. The molecular formula is C9H10BrN3. The lowest BCUT2D eigenvalue weighted by molar-refractivity contribution is 0.685. The van der Waals surface area contributed by atoms with Crippen molar-refractivity contribution in [2.45, 2.75) is 32.2 Å². The molecule has 0 N–H and O–H groups in total. The van der Waals surface area contributed by atoms with Gasteiger partial charge in [0.2, 0.25) is 0 Å². The fraction of sp³-hybridized carbons (Fsp3) is 0.556. The molecule has 1 aromatic rings. The van der Waals surface area contributed by atoms with Gasteiger partial charge in [0.15, 0.2) is 0 Å². The Kier molecular flexibility index (Phi) is 2.12. The molecule has 1 aromatic heterocycles. The van der Waals surface area contributed by atoms with Gasteiger partial charge in [-0.1, -0.05) is 0 Å². The second-order valence-corrected chi connectivity index (χ2v) is 4.09. The van der Waals surface area contributed by atoms with Crippen LogP contribution in [-0.2, 0) is 6.42 Å². The average Bonchev–Trinajstić information content (AvgIpc) is 2.85. The van der Waals surface area contributed by atoms with E-state index in [4.69, 9.17) is 5.26 Å². The molecule has 3 nitrogen and oxygen atoms in total. The third kappa shape index (κ3) is 1.49. The van der Waals surface area contributed by atoms with Crippen LogP contribution in [0.2, 0.25) is 0 Å². The second kappa shape index (κ2) is 3.15. The van der Waals surface area contributed by atoms with Crippen LogP contribution in [0.4, 0.5) is 0 Å². The Bertz CT molecular complexity index is 371. The largest absolute Gasteiger partial charge is 0.319 e. The molecule has 1 aliphatic rings. The van der Waals surface area contributed by atoms with E-state index in [0.717, 1.165) is 16.1 Å². The first-order valence-electron chi connectivity index (χ1n) is 4.34. The summed E-state index contributed by atoms with van der Waals surface area (Å²) in [6, 6.07) is 2.73. The second-order valence-electron chi connectivity index (χ2n) is 3.34. The third-order valence-electron chi connectivity index (χ3n) is 2.23. The van der Waals surface area contributed by atoms with Crippen molar-refractivity contribution in [3.8, 4) is 6.07 Å². The van der Waals surface area contributed by atoms with E-state index in [1.54, 1.807) is 0 Å². The normalized spacial score (nSPS) is 15.8. The summed E-state index contributed by atoms with van der Waals surface area (Å²) in [6.07, 6.45) is 2.84. The Balaban J connectivity index is 2.43. The van der Waals surface area contributed by atoms with Gasteiger partial charge in [0, 0.05) is 6.04 Å². The molecule has 0 amide bonds. The molecule has 1 heterocycles. The number of nitriles is 1. The third-order valence-corrected chi connectivity index (χ3v) is 3.19. The molecule has 0 aromatic carbocycles. The number of imidazole rings is 1. The maximum atomic E-state index is 8.63. The molecule has 1 saturated carbocycles. The van der Waals surface area contributed by atoms with Crippen LogP contribution >= 0.6 is 15.9 Å². The first-order chi connectivity index (χ1) is 6.24. The molecule has 68 valence electrons. The van der Waals surface area contributed by atoms with Gasteiger partial charge in [0.05, 0.1) is 18.2 Å². The molecule has 4 heteroatoms. The van der Waals surface area contributed by atoms with Crippen LogP contribution in [-0.4, -0.2) is 9.55 Å². The van der Waals surface area contributed by atoms with Crippen molar-refractivity contribution in [1.82, 2.24) is 9.55 Å². The van der Waals surface area contributed by atoms with Gasteiger partial charge in [0.1, 0.15) is 10.4 Å². The van der Waals surface area contributed by atoms with E-state index in [1.807, 2.05) is 6.92 Å². The zero-order chi connectivity index (χ0) is 9.42. The van der Waals surface area contributed by atoms with Gasteiger partial charge in [-0.15, -0.1) is 0 Å². The maximum Gasteiger partial charge on any atom is 0.124 e. The predicted octanol–water partition coefficient (Wildman–Crippen LogP) is 2.36. The highest BCUT2D eigenvalue weighted by atomic mass is 79.9. The fourth-order valence-corrected chi connectivity index (χ4v) is 2.06. The fourth-order valence-electron chi connectivity index (χ4n) is 1.48. The van der Waals surface area contributed by atoms with Crippen molar-refractivity contribution in [3.05, 3.63) is 16.1 Å². The topological polar surface area (TPSA) is 41.6 Å². The molecule has 0 saturated heterocycles. The lowest BCUT2D eigenvalue weighted by atomic mass is 10.4. The number of aryl methyl sites for hydroxylation is 1. The van der Waals surface area contributed by atoms with Crippen LogP contribution in [0.25, 0.3) is 0 Å². The van der Waals surface area contributed by atoms with E-state index in [1.165, 1.54) is 12.8 Å².